The van der Waals surface area contributed by atoms with Gasteiger partial charge in [0.25, 0.3) is 0 Å². The lowest BCUT2D eigenvalue weighted by Crippen LogP contribution is -1.94. The van der Waals surface area contributed by atoms with Crippen molar-refractivity contribution in [3.05, 3.63) is 42.2 Å². The van der Waals surface area contributed by atoms with Gasteiger partial charge in [0.2, 0.25) is 0 Å². The van der Waals surface area contributed by atoms with Crippen LogP contribution in [-0.4, -0.2) is 15.1 Å². The minimum atomic E-state index is 0.238. The second kappa shape index (κ2) is 4.75. The van der Waals surface area contributed by atoms with Crippen molar-refractivity contribution in [2.75, 3.05) is 0 Å². The molecule has 82 valence electrons. The quantitative estimate of drug-likeness (QED) is 0.854. The Morgan fingerprint density at radius 2 is 2.12 bits per heavy atom. The molecule has 0 radical (unpaired) electrons. The number of rotatable bonds is 3. The summed E-state index contributed by atoms with van der Waals surface area (Å²) in [6.07, 6.45) is 3.78. The van der Waals surface area contributed by atoms with Crippen LogP contribution in [0.4, 0.5) is 0 Å². The first-order valence-electron chi connectivity index (χ1n) is 5.41. The van der Waals surface area contributed by atoms with Gasteiger partial charge in [0.05, 0.1) is 0 Å². The van der Waals surface area contributed by atoms with Crippen LogP contribution in [0.15, 0.2) is 36.5 Å². The Bertz CT molecular complexity index is 483. The summed E-state index contributed by atoms with van der Waals surface area (Å²) in [5.41, 5.74) is 1.88. The van der Waals surface area contributed by atoms with Gasteiger partial charge in [0, 0.05) is 17.5 Å². The predicted molar refractivity (Wildman–Crippen MR) is 63.1 cm³/mol. The van der Waals surface area contributed by atoms with Crippen molar-refractivity contribution in [2.45, 2.75) is 19.8 Å². The molecule has 0 aliphatic rings. The molecule has 0 fully saturated rings. The third-order valence-corrected chi connectivity index (χ3v) is 2.32. The fourth-order valence-electron chi connectivity index (χ4n) is 1.58. The molecule has 3 heteroatoms. The summed E-state index contributed by atoms with van der Waals surface area (Å²) in [4.78, 5) is 8.66. The van der Waals surface area contributed by atoms with Gasteiger partial charge in [-0.3, -0.25) is 0 Å². The molecule has 1 heterocycles. The third kappa shape index (κ3) is 2.37. The van der Waals surface area contributed by atoms with E-state index in [0.717, 1.165) is 24.1 Å². The van der Waals surface area contributed by atoms with Crippen molar-refractivity contribution in [1.29, 1.82) is 0 Å². The minimum absolute atomic E-state index is 0.238. The molecule has 0 atom stereocenters. The lowest BCUT2D eigenvalue weighted by molar-refractivity contribution is 0.475. The second-order valence-electron chi connectivity index (χ2n) is 3.67. The maximum absolute atomic E-state index is 9.39. The normalized spacial score (nSPS) is 10.3. The van der Waals surface area contributed by atoms with Gasteiger partial charge < -0.3 is 5.11 Å². The molecule has 0 aliphatic carbocycles. The Balaban J connectivity index is 2.36. The highest BCUT2D eigenvalue weighted by molar-refractivity contribution is 5.57. The van der Waals surface area contributed by atoms with E-state index in [0.29, 0.717) is 5.82 Å². The van der Waals surface area contributed by atoms with Crippen molar-refractivity contribution < 1.29 is 5.11 Å². The largest absolute Gasteiger partial charge is 0.508 e. The first-order valence-corrected chi connectivity index (χ1v) is 5.41. The Morgan fingerprint density at radius 1 is 1.25 bits per heavy atom. The number of hydrogen-bond donors (Lipinski definition) is 1. The zero-order chi connectivity index (χ0) is 11.4. The maximum Gasteiger partial charge on any atom is 0.159 e. The molecular formula is C13H14N2O. The summed E-state index contributed by atoms with van der Waals surface area (Å²) in [6.45, 7) is 2.12. The molecular weight excluding hydrogens is 200 g/mol. The number of hydrogen-bond acceptors (Lipinski definition) is 3. The fourth-order valence-corrected chi connectivity index (χ4v) is 1.58. The molecule has 3 nitrogen and oxygen atoms in total. The molecule has 0 spiro atoms. The van der Waals surface area contributed by atoms with E-state index in [4.69, 9.17) is 0 Å². The van der Waals surface area contributed by atoms with Crippen LogP contribution in [0, 0.1) is 0 Å². The highest BCUT2D eigenvalue weighted by atomic mass is 16.3. The van der Waals surface area contributed by atoms with Crippen molar-refractivity contribution in [1.82, 2.24) is 9.97 Å². The maximum atomic E-state index is 9.39. The van der Waals surface area contributed by atoms with Gasteiger partial charge in [0.1, 0.15) is 5.75 Å². The van der Waals surface area contributed by atoms with Gasteiger partial charge in [-0.15, -0.1) is 0 Å². The molecule has 2 rings (SSSR count). The van der Waals surface area contributed by atoms with Crippen LogP contribution in [-0.2, 0) is 6.42 Å². The van der Waals surface area contributed by atoms with E-state index in [9.17, 15) is 5.11 Å². The van der Waals surface area contributed by atoms with E-state index >= 15 is 0 Å². The SMILES string of the molecule is CCCc1ccnc(-c2cccc(O)c2)n1. The summed E-state index contributed by atoms with van der Waals surface area (Å²) in [7, 11) is 0. The van der Waals surface area contributed by atoms with E-state index in [2.05, 4.69) is 16.9 Å². The van der Waals surface area contributed by atoms with Gasteiger partial charge in [-0.1, -0.05) is 25.5 Å². The Kier molecular flexibility index (Phi) is 3.15. The third-order valence-electron chi connectivity index (χ3n) is 2.32. The molecule has 1 N–H and O–H groups in total. The van der Waals surface area contributed by atoms with Crippen LogP contribution in [0.2, 0.25) is 0 Å². The molecule has 1 aromatic heterocycles. The molecule has 0 aliphatic heterocycles. The monoisotopic (exact) mass is 214 g/mol. The standard InChI is InChI=1S/C13H14N2O/c1-2-4-11-7-8-14-13(15-11)10-5-3-6-12(16)9-10/h3,5-9,16H,2,4H2,1H3. The van der Waals surface area contributed by atoms with Crippen LogP contribution in [0.5, 0.6) is 5.75 Å². The Labute approximate surface area is 94.8 Å². The average molecular weight is 214 g/mol. The predicted octanol–water partition coefficient (Wildman–Crippen LogP) is 2.80. The molecule has 2 aromatic rings. The number of aryl methyl sites for hydroxylation is 1. The van der Waals surface area contributed by atoms with Gasteiger partial charge in [0.15, 0.2) is 5.82 Å². The number of nitrogens with zero attached hydrogens (tertiary/aromatic N) is 2. The smallest absolute Gasteiger partial charge is 0.159 e. The van der Waals surface area contributed by atoms with Crippen LogP contribution in [0.3, 0.4) is 0 Å². The number of benzene rings is 1. The first kappa shape index (κ1) is 10.6. The van der Waals surface area contributed by atoms with E-state index < -0.39 is 0 Å². The Hall–Kier alpha value is -1.90. The van der Waals surface area contributed by atoms with E-state index in [1.165, 1.54) is 0 Å². The lowest BCUT2D eigenvalue weighted by Gasteiger charge is -2.03. The second-order valence-corrected chi connectivity index (χ2v) is 3.67. The van der Waals surface area contributed by atoms with Gasteiger partial charge in [-0.05, 0) is 24.6 Å². The highest BCUT2D eigenvalue weighted by Crippen LogP contribution is 2.19. The molecule has 0 bridgehead atoms. The zero-order valence-corrected chi connectivity index (χ0v) is 9.22. The van der Waals surface area contributed by atoms with Crippen LogP contribution in [0.25, 0.3) is 11.4 Å². The number of phenols is 1. The highest BCUT2D eigenvalue weighted by Gasteiger charge is 2.02. The number of aromatic hydroxyl groups is 1. The van der Waals surface area contributed by atoms with E-state index in [1.54, 1.807) is 24.4 Å². The van der Waals surface area contributed by atoms with Gasteiger partial charge in [-0.25, -0.2) is 9.97 Å². The summed E-state index contributed by atoms with van der Waals surface area (Å²) >= 11 is 0. The van der Waals surface area contributed by atoms with Crippen molar-refractivity contribution in [3.8, 4) is 17.1 Å². The molecule has 0 unspecified atom stereocenters. The molecule has 1 aromatic carbocycles. The van der Waals surface area contributed by atoms with Crippen molar-refractivity contribution in [3.63, 3.8) is 0 Å². The average Bonchev–Trinajstić information content (AvgIpc) is 2.30. The van der Waals surface area contributed by atoms with E-state index in [1.807, 2.05) is 12.1 Å². The fraction of sp³-hybridized carbons (Fsp3) is 0.231. The molecule has 0 saturated carbocycles. The van der Waals surface area contributed by atoms with Gasteiger partial charge in [-0.2, -0.15) is 0 Å². The minimum Gasteiger partial charge on any atom is -0.508 e. The van der Waals surface area contributed by atoms with Gasteiger partial charge >= 0.3 is 0 Å². The topological polar surface area (TPSA) is 46.0 Å². The van der Waals surface area contributed by atoms with Crippen LogP contribution < -0.4 is 0 Å². The lowest BCUT2D eigenvalue weighted by atomic mass is 10.2. The number of phenolic OH excluding ortho intramolecular Hbond substituents is 1. The number of aromatic nitrogens is 2. The Morgan fingerprint density at radius 3 is 2.88 bits per heavy atom. The molecule has 0 amide bonds. The summed E-state index contributed by atoms with van der Waals surface area (Å²) in [5, 5.41) is 9.39. The molecule has 16 heavy (non-hydrogen) atoms. The van der Waals surface area contributed by atoms with Crippen molar-refractivity contribution in [2.24, 2.45) is 0 Å². The zero-order valence-electron chi connectivity index (χ0n) is 9.22. The van der Waals surface area contributed by atoms with Crippen molar-refractivity contribution >= 4 is 0 Å². The van der Waals surface area contributed by atoms with E-state index in [-0.39, 0.29) is 5.75 Å². The summed E-state index contributed by atoms with van der Waals surface area (Å²) < 4.78 is 0. The summed E-state index contributed by atoms with van der Waals surface area (Å²) in [6, 6.07) is 8.92. The van der Waals surface area contributed by atoms with Crippen LogP contribution >= 0.6 is 0 Å². The van der Waals surface area contributed by atoms with Crippen LogP contribution in [0.1, 0.15) is 19.0 Å². The molecule has 0 saturated heterocycles. The summed E-state index contributed by atoms with van der Waals surface area (Å²) in [5.74, 6) is 0.906. The first-order chi connectivity index (χ1) is 7.79.